The number of halogens is 1. The number of carbonyl (C=O) groups excluding carboxylic acids is 1. The van der Waals surface area contributed by atoms with Gasteiger partial charge >= 0.3 is 0 Å². The second kappa shape index (κ2) is 6.73. The highest BCUT2D eigenvalue weighted by Crippen LogP contribution is 2.15. The zero-order chi connectivity index (χ0) is 13.7. The summed E-state index contributed by atoms with van der Waals surface area (Å²) >= 11 is 3.39. The van der Waals surface area contributed by atoms with Gasteiger partial charge in [-0.1, -0.05) is 22.9 Å². The maximum atomic E-state index is 11.7. The van der Waals surface area contributed by atoms with E-state index in [1.54, 1.807) is 0 Å². The van der Waals surface area contributed by atoms with Gasteiger partial charge in [-0.05, 0) is 32.6 Å². The van der Waals surface area contributed by atoms with Gasteiger partial charge < -0.3 is 5.32 Å². The molecule has 6 heteroatoms. The van der Waals surface area contributed by atoms with Crippen molar-refractivity contribution in [1.82, 2.24) is 5.32 Å². The molecule has 17 heavy (non-hydrogen) atoms. The van der Waals surface area contributed by atoms with Crippen LogP contribution < -0.4 is 5.32 Å². The molecule has 4 nitrogen and oxygen atoms in total. The van der Waals surface area contributed by atoms with Crippen LogP contribution in [0.1, 0.15) is 33.6 Å². The van der Waals surface area contributed by atoms with Crippen molar-refractivity contribution in [3.05, 3.63) is 0 Å². The first-order valence-corrected chi connectivity index (χ1v) is 8.68. The van der Waals surface area contributed by atoms with E-state index in [1.165, 1.54) is 13.8 Å². The van der Waals surface area contributed by atoms with Crippen LogP contribution >= 0.6 is 15.9 Å². The van der Waals surface area contributed by atoms with Crippen molar-refractivity contribution in [2.24, 2.45) is 5.92 Å². The lowest BCUT2D eigenvalue weighted by Gasteiger charge is -2.21. The van der Waals surface area contributed by atoms with Crippen LogP contribution in [0.5, 0.6) is 0 Å². The second-order valence-corrected chi connectivity index (χ2v) is 8.15. The Balaban J connectivity index is 4.12. The Labute approximate surface area is 113 Å². The Morgan fingerprint density at radius 3 is 2.35 bits per heavy atom. The van der Waals surface area contributed by atoms with Gasteiger partial charge in [-0.3, -0.25) is 4.79 Å². The summed E-state index contributed by atoms with van der Waals surface area (Å²) < 4.78 is 21.5. The van der Waals surface area contributed by atoms with E-state index < -0.39 is 20.5 Å². The molecule has 0 rings (SSSR count). The minimum absolute atomic E-state index is 0.425. The van der Waals surface area contributed by atoms with Gasteiger partial charge in [0, 0.05) is 18.1 Å². The minimum Gasteiger partial charge on any atom is -0.355 e. The molecule has 0 aliphatic carbocycles. The number of alkyl halides is 1. The van der Waals surface area contributed by atoms with Crippen LogP contribution in [-0.4, -0.2) is 37.2 Å². The lowest BCUT2D eigenvalue weighted by Crippen LogP contribution is -2.47. The lowest BCUT2D eigenvalue weighted by molar-refractivity contribution is -0.122. The normalized spacial score (nSPS) is 14.4. The maximum absolute atomic E-state index is 11.7. The van der Waals surface area contributed by atoms with Crippen molar-refractivity contribution in [1.29, 1.82) is 0 Å². The topological polar surface area (TPSA) is 63.2 Å². The third-order valence-corrected chi connectivity index (χ3v) is 6.04. The van der Waals surface area contributed by atoms with Gasteiger partial charge in [-0.15, -0.1) is 0 Å². The molecule has 1 atom stereocenters. The van der Waals surface area contributed by atoms with Crippen molar-refractivity contribution in [2.45, 2.75) is 38.4 Å². The number of sulfone groups is 1. The van der Waals surface area contributed by atoms with E-state index in [-0.39, 0.29) is 0 Å². The fourth-order valence-corrected chi connectivity index (χ4v) is 1.84. The first kappa shape index (κ1) is 16.9. The van der Waals surface area contributed by atoms with Gasteiger partial charge in [0.1, 0.15) is 4.75 Å². The van der Waals surface area contributed by atoms with Crippen LogP contribution in [0.2, 0.25) is 0 Å². The Hall–Kier alpha value is -0.100. The van der Waals surface area contributed by atoms with Crippen molar-refractivity contribution in [2.75, 3.05) is 18.1 Å². The van der Waals surface area contributed by atoms with E-state index in [2.05, 4.69) is 28.2 Å². The Kier molecular flexibility index (Phi) is 6.69. The SMILES string of the molecule is CC(CBr)CCCNC(=O)C(C)(C)S(C)(=O)=O. The molecule has 0 saturated heterocycles. The summed E-state index contributed by atoms with van der Waals surface area (Å²) in [6.07, 6.45) is 2.95. The summed E-state index contributed by atoms with van der Waals surface area (Å²) in [6.45, 7) is 5.50. The fraction of sp³-hybridized carbons (Fsp3) is 0.909. The van der Waals surface area contributed by atoms with Gasteiger partial charge in [0.15, 0.2) is 9.84 Å². The zero-order valence-corrected chi connectivity index (χ0v) is 13.3. The standard InChI is InChI=1S/C11H22BrNO3S/c1-9(8-12)6-5-7-13-10(14)11(2,3)17(4,15)16/h9H,5-8H2,1-4H3,(H,13,14). The molecule has 0 aromatic heterocycles. The summed E-state index contributed by atoms with van der Waals surface area (Å²) in [5.41, 5.74) is 0. The minimum atomic E-state index is -3.38. The summed E-state index contributed by atoms with van der Waals surface area (Å²) in [5, 5.41) is 3.62. The number of hydrogen-bond donors (Lipinski definition) is 1. The van der Waals surface area contributed by atoms with E-state index in [4.69, 9.17) is 0 Å². The molecule has 0 fully saturated rings. The molecule has 0 aromatic rings. The van der Waals surface area contributed by atoms with Crippen LogP contribution in [-0.2, 0) is 14.6 Å². The number of rotatable bonds is 7. The molecule has 0 spiro atoms. The Bertz CT molecular complexity index is 352. The van der Waals surface area contributed by atoms with Gasteiger partial charge in [0.25, 0.3) is 0 Å². The molecular formula is C11H22BrNO3S. The number of carbonyl (C=O) groups is 1. The molecule has 102 valence electrons. The van der Waals surface area contributed by atoms with Crippen LogP contribution in [0.15, 0.2) is 0 Å². The fourth-order valence-electron chi connectivity index (χ4n) is 1.11. The number of hydrogen-bond acceptors (Lipinski definition) is 3. The van der Waals surface area contributed by atoms with E-state index >= 15 is 0 Å². The molecule has 0 heterocycles. The van der Waals surface area contributed by atoms with Gasteiger partial charge in [-0.2, -0.15) is 0 Å². The van der Waals surface area contributed by atoms with E-state index in [1.807, 2.05) is 0 Å². The lowest BCUT2D eigenvalue weighted by atomic mass is 10.1. The average Bonchev–Trinajstić information content (AvgIpc) is 2.21. The molecular weight excluding hydrogens is 306 g/mol. The van der Waals surface area contributed by atoms with Gasteiger partial charge in [0.2, 0.25) is 5.91 Å². The van der Waals surface area contributed by atoms with Crippen molar-refractivity contribution < 1.29 is 13.2 Å². The van der Waals surface area contributed by atoms with Crippen molar-refractivity contribution in [3.63, 3.8) is 0 Å². The van der Waals surface area contributed by atoms with Crippen LogP contribution in [0, 0.1) is 5.92 Å². The Morgan fingerprint density at radius 1 is 1.41 bits per heavy atom. The third kappa shape index (κ3) is 5.38. The molecule has 0 saturated carbocycles. The summed E-state index contributed by atoms with van der Waals surface area (Å²) in [5.74, 6) is 0.140. The quantitative estimate of drug-likeness (QED) is 0.572. The summed E-state index contributed by atoms with van der Waals surface area (Å²) in [4.78, 5) is 11.7. The summed E-state index contributed by atoms with van der Waals surface area (Å²) in [7, 11) is -3.38. The third-order valence-electron chi connectivity index (χ3n) is 2.90. The first-order valence-electron chi connectivity index (χ1n) is 5.66. The highest BCUT2D eigenvalue weighted by atomic mass is 79.9. The van der Waals surface area contributed by atoms with Gasteiger partial charge in [0.05, 0.1) is 0 Å². The zero-order valence-electron chi connectivity index (χ0n) is 10.9. The van der Waals surface area contributed by atoms with Crippen LogP contribution in [0.25, 0.3) is 0 Å². The smallest absolute Gasteiger partial charge is 0.240 e. The summed E-state index contributed by atoms with van der Waals surface area (Å²) in [6, 6.07) is 0. The number of nitrogens with one attached hydrogen (secondary N) is 1. The molecule has 0 bridgehead atoms. The Morgan fingerprint density at radius 2 is 1.94 bits per heavy atom. The molecule has 1 N–H and O–H groups in total. The van der Waals surface area contributed by atoms with E-state index in [0.29, 0.717) is 12.5 Å². The largest absolute Gasteiger partial charge is 0.355 e. The second-order valence-electron chi connectivity index (χ2n) is 4.94. The van der Waals surface area contributed by atoms with Crippen molar-refractivity contribution >= 4 is 31.7 Å². The van der Waals surface area contributed by atoms with E-state index in [0.717, 1.165) is 24.4 Å². The molecule has 0 radical (unpaired) electrons. The van der Waals surface area contributed by atoms with Crippen LogP contribution in [0.3, 0.4) is 0 Å². The monoisotopic (exact) mass is 327 g/mol. The average molecular weight is 328 g/mol. The predicted octanol–water partition coefficient (Wildman–Crippen LogP) is 1.74. The highest BCUT2D eigenvalue weighted by molar-refractivity contribution is 9.09. The van der Waals surface area contributed by atoms with Crippen LogP contribution in [0.4, 0.5) is 0 Å². The predicted molar refractivity (Wildman–Crippen MR) is 74.1 cm³/mol. The first-order chi connectivity index (χ1) is 7.63. The van der Waals surface area contributed by atoms with E-state index in [9.17, 15) is 13.2 Å². The molecule has 1 unspecified atom stereocenters. The molecule has 0 aliphatic rings. The molecule has 0 aliphatic heterocycles. The van der Waals surface area contributed by atoms with Gasteiger partial charge in [-0.25, -0.2) is 8.42 Å². The highest BCUT2D eigenvalue weighted by Gasteiger charge is 2.37. The van der Waals surface area contributed by atoms with Crippen molar-refractivity contribution in [3.8, 4) is 0 Å². The maximum Gasteiger partial charge on any atom is 0.240 e. The molecule has 1 amide bonds. The number of amides is 1. The molecule has 0 aromatic carbocycles.